The summed E-state index contributed by atoms with van der Waals surface area (Å²) >= 11 is 4.77. The molecule has 2 aromatic rings. The second-order valence-corrected chi connectivity index (χ2v) is 5.59. The molecule has 0 atom stereocenters. The molecule has 0 fully saturated rings. The second-order valence-electron chi connectivity index (χ2n) is 3.88. The van der Waals surface area contributed by atoms with Crippen molar-refractivity contribution in [3.63, 3.8) is 0 Å². The van der Waals surface area contributed by atoms with Gasteiger partial charge in [0.05, 0.1) is 22.9 Å². The van der Waals surface area contributed by atoms with Crippen LogP contribution in [0, 0.1) is 11.5 Å². The minimum Gasteiger partial charge on any atom is -0.271 e. The number of nitrogens with zero attached hydrogens (tertiary/aromatic N) is 4. The Morgan fingerprint density at radius 3 is 2.80 bits per heavy atom. The molecule has 2 rings (SSSR count). The molecule has 0 spiro atoms. The Bertz CT molecular complexity index is 642. The third kappa shape index (κ3) is 4.11. The van der Waals surface area contributed by atoms with Gasteiger partial charge in [-0.3, -0.25) is 10.00 Å². The first kappa shape index (κ1) is 14.6. The lowest BCUT2D eigenvalue weighted by Crippen LogP contribution is -2.12. The van der Waals surface area contributed by atoms with Crippen molar-refractivity contribution in [3.05, 3.63) is 46.7 Å². The van der Waals surface area contributed by atoms with Crippen LogP contribution in [0.15, 0.2) is 46.1 Å². The van der Waals surface area contributed by atoms with Crippen LogP contribution in [0.25, 0.3) is 0 Å². The van der Waals surface area contributed by atoms with Crippen molar-refractivity contribution in [1.82, 2.24) is 15.1 Å². The van der Waals surface area contributed by atoms with Crippen LogP contribution in [0.4, 0.5) is 5.69 Å². The van der Waals surface area contributed by atoms with Crippen molar-refractivity contribution in [3.8, 4) is 6.19 Å². The van der Waals surface area contributed by atoms with E-state index in [9.17, 15) is 0 Å². The SMILES string of the molecule is CSC(=Nc1ccc(Cn2cc(Br)cn2)cc1)NC#N. The van der Waals surface area contributed by atoms with Gasteiger partial charge in [-0.25, -0.2) is 4.99 Å². The highest BCUT2D eigenvalue weighted by atomic mass is 79.9. The van der Waals surface area contributed by atoms with Gasteiger partial charge in [-0.2, -0.15) is 10.4 Å². The van der Waals surface area contributed by atoms with E-state index >= 15 is 0 Å². The van der Waals surface area contributed by atoms with Crippen molar-refractivity contribution in [2.24, 2.45) is 4.99 Å². The number of nitrogens with one attached hydrogen (secondary N) is 1. The van der Waals surface area contributed by atoms with Gasteiger partial charge in [-0.05, 0) is 39.9 Å². The Labute approximate surface area is 129 Å². The summed E-state index contributed by atoms with van der Waals surface area (Å²) in [6.45, 7) is 0.710. The second kappa shape index (κ2) is 7.12. The molecule has 1 heterocycles. The zero-order valence-electron chi connectivity index (χ0n) is 10.7. The Balaban J connectivity index is 2.08. The largest absolute Gasteiger partial charge is 0.271 e. The average Bonchev–Trinajstić information content (AvgIpc) is 2.85. The van der Waals surface area contributed by atoms with Gasteiger partial charge < -0.3 is 0 Å². The number of rotatable bonds is 3. The number of halogens is 1. The summed E-state index contributed by atoms with van der Waals surface area (Å²) in [5, 5.41) is 15.9. The summed E-state index contributed by atoms with van der Waals surface area (Å²) in [4.78, 5) is 4.34. The van der Waals surface area contributed by atoms with Crippen LogP contribution in [0.2, 0.25) is 0 Å². The standard InChI is InChI=1S/C13H12BrN5S/c1-20-13(16-9-15)18-12-4-2-10(3-5-12)7-19-8-11(14)6-17-19/h2-6,8H,7H2,1H3,(H,16,18). The minimum absolute atomic E-state index is 0.580. The lowest BCUT2D eigenvalue weighted by Gasteiger charge is -2.03. The van der Waals surface area contributed by atoms with Crippen LogP contribution in [0.1, 0.15) is 5.56 Å². The van der Waals surface area contributed by atoms with Gasteiger partial charge in [0, 0.05) is 6.20 Å². The number of nitriles is 1. The van der Waals surface area contributed by atoms with Gasteiger partial charge in [0.15, 0.2) is 11.4 Å². The number of thioether (sulfide) groups is 1. The maximum Gasteiger partial charge on any atom is 0.183 e. The highest BCUT2D eigenvalue weighted by molar-refractivity contribution is 9.10. The molecule has 0 amide bonds. The van der Waals surface area contributed by atoms with E-state index in [2.05, 4.69) is 31.3 Å². The van der Waals surface area contributed by atoms with E-state index in [4.69, 9.17) is 5.26 Å². The molecule has 1 aromatic carbocycles. The molecular weight excluding hydrogens is 338 g/mol. The zero-order valence-corrected chi connectivity index (χ0v) is 13.1. The van der Waals surface area contributed by atoms with Crippen LogP contribution < -0.4 is 5.32 Å². The number of amidine groups is 1. The lowest BCUT2D eigenvalue weighted by atomic mass is 10.2. The molecule has 5 nitrogen and oxygen atoms in total. The Morgan fingerprint density at radius 2 is 2.25 bits per heavy atom. The summed E-state index contributed by atoms with van der Waals surface area (Å²) in [5.41, 5.74) is 1.95. The number of hydrogen-bond donors (Lipinski definition) is 1. The molecule has 0 aliphatic heterocycles. The van der Waals surface area contributed by atoms with Gasteiger partial charge in [0.1, 0.15) is 0 Å². The molecule has 7 heteroatoms. The van der Waals surface area contributed by atoms with Gasteiger partial charge >= 0.3 is 0 Å². The number of hydrogen-bond acceptors (Lipinski definition) is 4. The highest BCUT2D eigenvalue weighted by Crippen LogP contribution is 2.16. The first-order valence-corrected chi connectivity index (χ1v) is 7.77. The number of benzene rings is 1. The smallest absolute Gasteiger partial charge is 0.183 e. The van der Waals surface area contributed by atoms with Gasteiger partial charge in [0.25, 0.3) is 0 Å². The molecule has 1 aromatic heterocycles. The molecule has 0 radical (unpaired) electrons. The fourth-order valence-corrected chi connectivity index (χ4v) is 2.25. The molecule has 1 N–H and O–H groups in total. The van der Waals surface area contributed by atoms with E-state index in [1.54, 1.807) is 6.20 Å². The minimum atomic E-state index is 0.580. The summed E-state index contributed by atoms with van der Waals surface area (Å²) in [5.74, 6) is 0. The molecule has 0 aliphatic carbocycles. The Kier molecular flexibility index (Phi) is 5.21. The number of aliphatic imine (C=N–C) groups is 1. The van der Waals surface area contributed by atoms with E-state index in [1.807, 2.05) is 47.6 Å². The van der Waals surface area contributed by atoms with Gasteiger partial charge in [-0.15, -0.1) is 0 Å². The molecule has 20 heavy (non-hydrogen) atoms. The van der Waals surface area contributed by atoms with Gasteiger partial charge in [0.2, 0.25) is 0 Å². The molecular formula is C13H12BrN5S. The van der Waals surface area contributed by atoms with Crippen LogP contribution in [0.5, 0.6) is 0 Å². The van der Waals surface area contributed by atoms with Crippen LogP contribution in [0.3, 0.4) is 0 Å². The third-order valence-corrected chi connectivity index (χ3v) is 3.46. The first-order valence-electron chi connectivity index (χ1n) is 5.76. The lowest BCUT2D eigenvalue weighted by molar-refractivity contribution is 0.686. The summed E-state index contributed by atoms with van der Waals surface area (Å²) in [6, 6.07) is 7.84. The Hall–Kier alpha value is -1.78. The van der Waals surface area contributed by atoms with Crippen molar-refractivity contribution in [1.29, 1.82) is 5.26 Å². The van der Waals surface area contributed by atoms with E-state index in [1.165, 1.54) is 11.8 Å². The maximum atomic E-state index is 8.59. The fraction of sp³-hybridized carbons (Fsp3) is 0.154. The predicted octanol–water partition coefficient (Wildman–Crippen LogP) is 3.12. The summed E-state index contributed by atoms with van der Waals surface area (Å²) in [6.07, 6.45) is 7.42. The quantitative estimate of drug-likeness (QED) is 0.400. The Morgan fingerprint density at radius 1 is 1.50 bits per heavy atom. The van der Waals surface area contributed by atoms with Crippen molar-refractivity contribution >= 4 is 38.5 Å². The number of aromatic nitrogens is 2. The van der Waals surface area contributed by atoms with Crippen LogP contribution >= 0.6 is 27.7 Å². The monoisotopic (exact) mass is 349 g/mol. The van der Waals surface area contributed by atoms with E-state index in [0.29, 0.717) is 11.7 Å². The fourth-order valence-electron chi connectivity index (χ4n) is 1.58. The summed E-state index contributed by atoms with van der Waals surface area (Å²) in [7, 11) is 0. The normalized spacial score (nSPS) is 11.2. The third-order valence-electron chi connectivity index (χ3n) is 2.47. The predicted molar refractivity (Wildman–Crippen MR) is 84.8 cm³/mol. The van der Waals surface area contributed by atoms with Crippen molar-refractivity contribution in [2.75, 3.05) is 6.26 Å². The van der Waals surface area contributed by atoms with Crippen LogP contribution in [-0.4, -0.2) is 21.2 Å². The van der Waals surface area contributed by atoms with E-state index < -0.39 is 0 Å². The molecule has 0 bridgehead atoms. The maximum absolute atomic E-state index is 8.59. The van der Waals surface area contributed by atoms with Crippen LogP contribution in [-0.2, 0) is 6.54 Å². The summed E-state index contributed by atoms with van der Waals surface area (Å²) < 4.78 is 2.82. The van der Waals surface area contributed by atoms with E-state index in [-0.39, 0.29) is 0 Å². The first-order chi connectivity index (χ1) is 9.71. The average molecular weight is 350 g/mol. The van der Waals surface area contributed by atoms with Crippen molar-refractivity contribution < 1.29 is 0 Å². The zero-order chi connectivity index (χ0) is 14.4. The molecule has 0 saturated carbocycles. The molecule has 0 saturated heterocycles. The van der Waals surface area contributed by atoms with Gasteiger partial charge in [-0.1, -0.05) is 23.9 Å². The van der Waals surface area contributed by atoms with E-state index in [0.717, 1.165) is 15.7 Å². The van der Waals surface area contributed by atoms with Crippen molar-refractivity contribution in [2.45, 2.75) is 6.54 Å². The topological polar surface area (TPSA) is 66.0 Å². The molecule has 0 aliphatic rings. The molecule has 0 unspecified atom stereocenters. The highest BCUT2D eigenvalue weighted by Gasteiger charge is 1.99. The molecule has 102 valence electrons.